The third kappa shape index (κ3) is 2.99. The average molecular weight is 276 g/mol. The van der Waals surface area contributed by atoms with Crippen molar-refractivity contribution in [3.63, 3.8) is 0 Å². The van der Waals surface area contributed by atoms with Crippen molar-refractivity contribution >= 4 is 11.8 Å². The van der Waals surface area contributed by atoms with Gasteiger partial charge in [-0.1, -0.05) is 30.3 Å². The Kier molecular flexibility index (Phi) is 4.74. The first-order valence-corrected chi connectivity index (χ1v) is 6.78. The molecule has 1 saturated heterocycles. The molecule has 1 fully saturated rings. The quantitative estimate of drug-likeness (QED) is 0.876. The maximum absolute atomic E-state index is 12.2. The SMILES string of the molecule is COCCC(C)N1C(=O)CNC(=O)C1c1ccccc1. The van der Waals surface area contributed by atoms with Gasteiger partial charge < -0.3 is 15.0 Å². The van der Waals surface area contributed by atoms with Crippen LogP contribution in [0.15, 0.2) is 30.3 Å². The van der Waals surface area contributed by atoms with Crippen molar-refractivity contribution in [3.8, 4) is 0 Å². The van der Waals surface area contributed by atoms with Crippen LogP contribution in [-0.2, 0) is 14.3 Å². The summed E-state index contributed by atoms with van der Waals surface area (Å²) >= 11 is 0. The number of nitrogens with zero attached hydrogens (tertiary/aromatic N) is 1. The lowest BCUT2D eigenvalue weighted by Crippen LogP contribution is -2.56. The number of hydrogen-bond acceptors (Lipinski definition) is 3. The molecule has 1 N–H and O–H groups in total. The number of methoxy groups -OCH3 is 1. The number of benzene rings is 1. The normalized spacial score (nSPS) is 20.7. The van der Waals surface area contributed by atoms with Crippen LogP contribution in [0, 0.1) is 0 Å². The molecular weight excluding hydrogens is 256 g/mol. The van der Waals surface area contributed by atoms with Gasteiger partial charge in [-0.3, -0.25) is 9.59 Å². The highest BCUT2D eigenvalue weighted by Crippen LogP contribution is 2.26. The van der Waals surface area contributed by atoms with Crippen LogP contribution in [0.1, 0.15) is 24.9 Å². The van der Waals surface area contributed by atoms with Crippen LogP contribution in [0.4, 0.5) is 0 Å². The van der Waals surface area contributed by atoms with E-state index >= 15 is 0 Å². The van der Waals surface area contributed by atoms with E-state index in [4.69, 9.17) is 4.74 Å². The zero-order valence-corrected chi connectivity index (χ0v) is 11.8. The molecule has 2 atom stereocenters. The van der Waals surface area contributed by atoms with Gasteiger partial charge in [0.25, 0.3) is 0 Å². The Labute approximate surface area is 118 Å². The highest BCUT2D eigenvalue weighted by molar-refractivity contribution is 5.95. The lowest BCUT2D eigenvalue weighted by molar-refractivity contribution is -0.148. The molecule has 5 nitrogen and oxygen atoms in total. The van der Waals surface area contributed by atoms with Crippen LogP contribution in [-0.4, -0.2) is 43.0 Å². The van der Waals surface area contributed by atoms with Gasteiger partial charge in [-0.05, 0) is 18.9 Å². The Balaban J connectivity index is 2.27. The molecule has 0 saturated carbocycles. The van der Waals surface area contributed by atoms with E-state index in [0.717, 1.165) is 5.56 Å². The molecule has 5 heteroatoms. The molecule has 0 spiro atoms. The molecule has 0 bridgehead atoms. The van der Waals surface area contributed by atoms with Crippen molar-refractivity contribution in [3.05, 3.63) is 35.9 Å². The molecule has 1 aliphatic heterocycles. The first kappa shape index (κ1) is 14.5. The summed E-state index contributed by atoms with van der Waals surface area (Å²) in [7, 11) is 1.63. The Morgan fingerprint density at radius 3 is 2.70 bits per heavy atom. The minimum atomic E-state index is -0.552. The molecule has 1 aliphatic rings. The lowest BCUT2D eigenvalue weighted by atomic mass is 9.99. The van der Waals surface area contributed by atoms with E-state index in [1.54, 1.807) is 12.0 Å². The number of carbonyl (C=O) groups is 2. The molecular formula is C15H20N2O3. The van der Waals surface area contributed by atoms with E-state index in [2.05, 4.69) is 5.32 Å². The number of piperazine rings is 1. The zero-order valence-electron chi connectivity index (χ0n) is 11.8. The maximum atomic E-state index is 12.2. The fourth-order valence-corrected chi connectivity index (χ4v) is 2.50. The molecule has 2 rings (SSSR count). The Morgan fingerprint density at radius 1 is 1.35 bits per heavy atom. The molecule has 1 aromatic carbocycles. The summed E-state index contributed by atoms with van der Waals surface area (Å²) in [6.07, 6.45) is 0.707. The highest BCUT2D eigenvalue weighted by Gasteiger charge is 2.37. The van der Waals surface area contributed by atoms with E-state index in [9.17, 15) is 9.59 Å². The first-order chi connectivity index (χ1) is 9.65. The molecule has 108 valence electrons. The second kappa shape index (κ2) is 6.52. The van der Waals surface area contributed by atoms with Gasteiger partial charge in [0.15, 0.2) is 0 Å². The summed E-state index contributed by atoms with van der Waals surface area (Å²) in [6.45, 7) is 2.58. The van der Waals surface area contributed by atoms with Crippen molar-refractivity contribution in [1.82, 2.24) is 10.2 Å². The molecule has 2 amide bonds. The summed E-state index contributed by atoms with van der Waals surface area (Å²) in [6, 6.07) is 8.80. The van der Waals surface area contributed by atoms with Crippen molar-refractivity contribution in [2.75, 3.05) is 20.3 Å². The number of rotatable bonds is 5. The fourth-order valence-electron chi connectivity index (χ4n) is 2.50. The monoisotopic (exact) mass is 276 g/mol. The van der Waals surface area contributed by atoms with Gasteiger partial charge in [0.05, 0.1) is 6.54 Å². The van der Waals surface area contributed by atoms with Crippen molar-refractivity contribution in [2.24, 2.45) is 0 Å². The van der Waals surface area contributed by atoms with E-state index in [-0.39, 0.29) is 24.4 Å². The van der Waals surface area contributed by atoms with Gasteiger partial charge in [-0.25, -0.2) is 0 Å². The van der Waals surface area contributed by atoms with E-state index in [0.29, 0.717) is 13.0 Å². The average Bonchev–Trinajstić information content (AvgIpc) is 2.47. The van der Waals surface area contributed by atoms with Crippen molar-refractivity contribution < 1.29 is 14.3 Å². The molecule has 0 radical (unpaired) electrons. The largest absolute Gasteiger partial charge is 0.385 e. The van der Waals surface area contributed by atoms with E-state index in [1.807, 2.05) is 37.3 Å². The van der Waals surface area contributed by atoms with Gasteiger partial charge in [0.2, 0.25) is 11.8 Å². The van der Waals surface area contributed by atoms with Crippen molar-refractivity contribution in [2.45, 2.75) is 25.4 Å². The van der Waals surface area contributed by atoms with E-state index in [1.165, 1.54) is 0 Å². The van der Waals surface area contributed by atoms with Crippen molar-refractivity contribution in [1.29, 1.82) is 0 Å². The molecule has 1 heterocycles. The summed E-state index contributed by atoms with van der Waals surface area (Å²) < 4.78 is 5.07. The van der Waals surface area contributed by atoms with Crippen LogP contribution >= 0.6 is 0 Å². The molecule has 1 aromatic rings. The highest BCUT2D eigenvalue weighted by atomic mass is 16.5. The predicted octanol–water partition coefficient (Wildman–Crippen LogP) is 1.11. The smallest absolute Gasteiger partial charge is 0.247 e. The minimum absolute atomic E-state index is 0.0429. The third-order valence-corrected chi connectivity index (χ3v) is 3.56. The Hall–Kier alpha value is -1.88. The van der Waals surface area contributed by atoms with Gasteiger partial charge in [0.1, 0.15) is 6.04 Å². The van der Waals surface area contributed by atoms with Crippen LogP contribution in [0.2, 0.25) is 0 Å². The molecule has 0 aliphatic carbocycles. The van der Waals surface area contributed by atoms with Gasteiger partial charge >= 0.3 is 0 Å². The Bertz CT molecular complexity index is 475. The van der Waals surface area contributed by atoms with Crippen LogP contribution in [0.3, 0.4) is 0 Å². The second-order valence-corrected chi connectivity index (χ2v) is 4.96. The minimum Gasteiger partial charge on any atom is -0.385 e. The van der Waals surface area contributed by atoms with Gasteiger partial charge in [-0.2, -0.15) is 0 Å². The summed E-state index contributed by atoms with van der Waals surface area (Å²) in [4.78, 5) is 26.1. The maximum Gasteiger partial charge on any atom is 0.247 e. The topological polar surface area (TPSA) is 58.6 Å². The zero-order chi connectivity index (χ0) is 14.5. The van der Waals surface area contributed by atoms with Crippen LogP contribution < -0.4 is 5.32 Å². The summed E-state index contributed by atoms with van der Waals surface area (Å²) in [5.74, 6) is -0.179. The number of amides is 2. The van der Waals surface area contributed by atoms with Crippen LogP contribution in [0.5, 0.6) is 0 Å². The summed E-state index contributed by atoms with van der Waals surface area (Å²) in [5, 5.41) is 2.66. The lowest BCUT2D eigenvalue weighted by Gasteiger charge is -2.39. The molecule has 0 aromatic heterocycles. The standard InChI is InChI=1S/C15H20N2O3/c1-11(8-9-20-2)17-13(18)10-16-15(19)14(17)12-6-4-3-5-7-12/h3-7,11,14H,8-10H2,1-2H3,(H,16,19). The first-order valence-electron chi connectivity index (χ1n) is 6.78. The predicted molar refractivity (Wildman–Crippen MR) is 75.0 cm³/mol. The van der Waals surface area contributed by atoms with E-state index < -0.39 is 6.04 Å². The van der Waals surface area contributed by atoms with Crippen LogP contribution in [0.25, 0.3) is 0 Å². The summed E-state index contributed by atoms with van der Waals surface area (Å²) in [5.41, 5.74) is 0.835. The number of hydrogen-bond donors (Lipinski definition) is 1. The number of ether oxygens (including phenoxy) is 1. The molecule has 2 unspecified atom stereocenters. The van der Waals surface area contributed by atoms with Gasteiger partial charge in [0, 0.05) is 19.8 Å². The molecule has 20 heavy (non-hydrogen) atoms. The third-order valence-electron chi connectivity index (χ3n) is 3.56. The van der Waals surface area contributed by atoms with Gasteiger partial charge in [-0.15, -0.1) is 0 Å². The fraction of sp³-hybridized carbons (Fsp3) is 0.467. The second-order valence-electron chi connectivity index (χ2n) is 4.96. The number of carbonyl (C=O) groups excluding carboxylic acids is 2. The number of nitrogens with one attached hydrogen (secondary N) is 1. The Morgan fingerprint density at radius 2 is 2.05 bits per heavy atom.